The predicted octanol–water partition coefficient (Wildman–Crippen LogP) is 2.74. The highest BCUT2D eigenvalue weighted by molar-refractivity contribution is 5.82. The molecule has 1 aromatic rings. The Labute approximate surface area is 82.7 Å². The molecule has 0 aliphatic heterocycles. The Morgan fingerprint density at radius 1 is 1.36 bits per heavy atom. The van der Waals surface area contributed by atoms with Crippen LogP contribution in [0.3, 0.4) is 0 Å². The van der Waals surface area contributed by atoms with Crippen molar-refractivity contribution in [2.75, 3.05) is 0 Å². The van der Waals surface area contributed by atoms with Gasteiger partial charge in [-0.1, -0.05) is 26.0 Å². The van der Waals surface area contributed by atoms with Crippen LogP contribution in [0.25, 0.3) is 0 Å². The topological polar surface area (TPSA) is 60.2 Å². The Morgan fingerprint density at radius 2 is 1.93 bits per heavy atom. The molecule has 0 saturated carbocycles. The van der Waals surface area contributed by atoms with Gasteiger partial charge in [-0.3, -0.25) is 14.9 Å². The van der Waals surface area contributed by atoms with Crippen molar-refractivity contribution in [3.8, 4) is 0 Å². The maximum atomic E-state index is 10.4. The number of carbonyl (C=O) groups excluding carboxylic acids is 1. The van der Waals surface area contributed by atoms with Crippen molar-refractivity contribution in [1.29, 1.82) is 0 Å². The molecule has 0 atom stereocenters. The number of aldehydes is 1. The molecule has 4 nitrogen and oxygen atoms in total. The molecule has 0 amide bonds. The van der Waals surface area contributed by atoms with Crippen molar-refractivity contribution in [3.63, 3.8) is 0 Å². The Kier molecular flexibility index (Phi) is 5.14. The Hall–Kier alpha value is -1.71. The van der Waals surface area contributed by atoms with Crippen molar-refractivity contribution < 1.29 is 9.72 Å². The number of nitro groups is 1. The maximum Gasteiger partial charge on any atom is 0.282 e. The van der Waals surface area contributed by atoms with Crippen LogP contribution in [0.2, 0.25) is 0 Å². The molecule has 0 fully saturated rings. The lowest BCUT2D eigenvalue weighted by Crippen LogP contribution is -1.96. The van der Waals surface area contributed by atoms with Gasteiger partial charge in [0.15, 0.2) is 6.29 Å². The highest BCUT2D eigenvalue weighted by atomic mass is 16.6. The van der Waals surface area contributed by atoms with E-state index in [-0.39, 0.29) is 11.3 Å². The lowest BCUT2D eigenvalue weighted by molar-refractivity contribution is -0.385. The first kappa shape index (κ1) is 12.3. The summed E-state index contributed by atoms with van der Waals surface area (Å²) in [5, 5.41) is 10.4. The molecule has 0 bridgehead atoms. The summed E-state index contributed by atoms with van der Waals surface area (Å²) in [5.41, 5.74) is 0.525. The molecule has 0 aromatic heterocycles. The zero-order valence-electron chi connectivity index (χ0n) is 8.48. The SMILES string of the molecule is CC.Cc1cccc(C=O)c1[N+](=O)[O-]. The number of aryl methyl sites for hydroxylation is 1. The monoisotopic (exact) mass is 195 g/mol. The molecule has 0 unspecified atom stereocenters. The zero-order valence-corrected chi connectivity index (χ0v) is 8.48. The second kappa shape index (κ2) is 5.85. The van der Waals surface area contributed by atoms with Gasteiger partial charge in [0.2, 0.25) is 0 Å². The number of carbonyl (C=O) groups is 1. The number of nitro benzene ring substituents is 1. The predicted molar refractivity (Wildman–Crippen MR) is 54.6 cm³/mol. The first-order chi connectivity index (χ1) is 6.66. The van der Waals surface area contributed by atoms with Gasteiger partial charge in [0, 0.05) is 5.56 Å². The lowest BCUT2D eigenvalue weighted by Gasteiger charge is -1.97. The highest BCUT2D eigenvalue weighted by Crippen LogP contribution is 2.20. The van der Waals surface area contributed by atoms with Gasteiger partial charge in [-0.15, -0.1) is 0 Å². The van der Waals surface area contributed by atoms with E-state index < -0.39 is 4.92 Å². The van der Waals surface area contributed by atoms with Gasteiger partial charge in [0.1, 0.15) is 0 Å². The van der Waals surface area contributed by atoms with Crippen LogP contribution >= 0.6 is 0 Å². The van der Waals surface area contributed by atoms with Crippen molar-refractivity contribution in [2.24, 2.45) is 0 Å². The minimum Gasteiger partial charge on any atom is -0.298 e. The van der Waals surface area contributed by atoms with Crippen LogP contribution < -0.4 is 0 Å². The van der Waals surface area contributed by atoms with Crippen molar-refractivity contribution in [2.45, 2.75) is 20.8 Å². The smallest absolute Gasteiger partial charge is 0.282 e. The summed E-state index contributed by atoms with van der Waals surface area (Å²) in [6, 6.07) is 4.65. The standard InChI is InChI=1S/C8H7NO3.C2H6/c1-6-3-2-4-7(5-10)8(6)9(11)12;1-2/h2-5H,1H3;1-2H3. The number of hydrogen-bond acceptors (Lipinski definition) is 3. The van der Waals surface area contributed by atoms with Gasteiger partial charge < -0.3 is 0 Å². The fourth-order valence-electron chi connectivity index (χ4n) is 1.03. The third-order valence-corrected chi connectivity index (χ3v) is 1.58. The molecule has 4 heteroatoms. The van der Waals surface area contributed by atoms with Crippen LogP contribution in [0.15, 0.2) is 18.2 Å². The summed E-state index contributed by atoms with van der Waals surface area (Å²) in [6.07, 6.45) is 0.491. The third-order valence-electron chi connectivity index (χ3n) is 1.58. The minimum absolute atomic E-state index is 0.104. The van der Waals surface area contributed by atoms with E-state index in [1.807, 2.05) is 13.8 Å². The maximum absolute atomic E-state index is 10.4. The normalized spacial score (nSPS) is 8.50. The van der Waals surface area contributed by atoms with E-state index in [1.54, 1.807) is 19.1 Å². The average Bonchev–Trinajstić information content (AvgIpc) is 2.19. The van der Waals surface area contributed by atoms with Crippen LogP contribution in [-0.2, 0) is 0 Å². The van der Waals surface area contributed by atoms with Crippen molar-refractivity contribution in [3.05, 3.63) is 39.4 Å². The third kappa shape index (κ3) is 2.65. The summed E-state index contributed by atoms with van der Waals surface area (Å²) in [4.78, 5) is 20.3. The molecule has 0 radical (unpaired) electrons. The highest BCUT2D eigenvalue weighted by Gasteiger charge is 2.15. The van der Waals surface area contributed by atoms with E-state index in [0.717, 1.165) is 0 Å². The van der Waals surface area contributed by atoms with E-state index in [4.69, 9.17) is 0 Å². The van der Waals surface area contributed by atoms with Crippen LogP contribution in [0.4, 0.5) is 5.69 Å². The van der Waals surface area contributed by atoms with Crippen LogP contribution in [0.1, 0.15) is 29.8 Å². The molecule has 0 aliphatic carbocycles. The van der Waals surface area contributed by atoms with E-state index in [2.05, 4.69) is 0 Å². The van der Waals surface area contributed by atoms with E-state index in [0.29, 0.717) is 11.8 Å². The summed E-state index contributed by atoms with van der Waals surface area (Å²) >= 11 is 0. The van der Waals surface area contributed by atoms with Crippen LogP contribution in [-0.4, -0.2) is 11.2 Å². The van der Waals surface area contributed by atoms with E-state index in [1.165, 1.54) is 6.07 Å². The Bertz CT molecular complexity index is 334. The van der Waals surface area contributed by atoms with Crippen LogP contribution in [0, 0.1) is 17.0 Å². The quantitative estimate of drug-likeness (QED) is 0.414. The minimum atomic E-state index is -0.543. The summed E-state index contributed by atoms with van der Waals surface area (Å²) in [6.45, 7) is 5.60. The number of benzene rings is 1. The second-order valence-electron chi connectivity index (χ2n) is 2.39. The average molecular weight is 195 g/mol. The van der Waals surface area contributed by atoms with E-state index >= 15 is 0 Å². The first-order valence-corrected chi connectivity index (χ1v) is 4.36. The van der Waals surface area contributed by atoms with Gasteiger partial charge >= 0.3 is 0 Å². The number of hydrogen-bond donors (Lipinski definition) is 0. The lowest BCUT2D eigenvalue weighted by atomic mass is 10.1. The van der Waals surface area contributed by atoms with Crippen LogP contribution in [0.5, 0.6) is 0 Å². The summed E-state index contributed by atoms with van der Waals surface area (Å²) in [7, 11) is 0. The summed E-state index contributed by atoms with van der Waals surface area (Å²) < 4.78 is 0. The molecule has 0 saturated heterocycles. The Morgan fingerprint density at radius 3 is 2.29 bits per heavy atom. The fourth-order valence-corrected chi connectivity index (χ4v) is 1.03. The van der Waals surface area contributed by atoms with E-state index in [9.17, 15) is 14.9 Å². The molecule has 1 aromatic carbocycles. The second-order valence-corrected chi connectivity index (χ2v) is 2.39. The number of rotatable bonds is 2. The van der Waals surface area contributed by atoms with Gasteiger partial charge in [-0.25, -0.2) is 0 Å². The zero-order chi connectivity index (χ0) is 11.1. The molecular weight excluding hydrogens is 182 g/mol. The van der Waals surface area contributed by atoms with Gasteiger partial charge in [0.05, 0.1) is 10.5 Å². The molecule has 0 N–H and O–H groups in total. The largest absolute Gasteiger partial charge is 0.298 e. The molecule has 0 aliphatic rings. The van der Waals surface area contributed by atoms with Gasteiger partial charge in [-0.2, -0.15) is 0 Å². The van der Waals surface area contributed by atoms with Gasteiger partial charge in [0.25, 0.3) is 5.69 Å². The first-order valence-electron chi connectivity index (χ1n) is 4.36. The number of para-hydroxylation sites is 1. The van der Waals surface area contributed by atoms with Crippen molar-refractivity contribution >= 4 is 12.0 Å². The Balaban J connectivity index is 0.000000791. The fraction of sp³-hybridized carbons (Fsp3) is 0.300. The number of nitrogens with zero attached hydrogens (tertiary/aromatic N) is 1. The molecule has 0 spiro atoms. The molecule has 14 heavy (non-hydrogen) atoms. The van der Waals surface area contributed by atoms with Crippen molar-refractivity contribution in [1.82, 2.24) is 0 Å². The molecule has 76 valence electrons. The summed E-state index contributed by atoms with van der Waals surface area (Å²) in [5.74, 6) is 0. The molecule has 0 heterocycles. The molecule has 1 rings (SSSR count). The molecular formula is C10H13NO3. The van der Waals surface area contributed by atoms with Gasteiger partial charge in [-0.05, 0) is 13.0 Å².